The third kappa shape index (κ3) is 3.11. The molecular weight excluding hydrogens is 342 g/mol. The van der Waals surface area contributed by atoms with E-state index in [1.54, 1.807) is 25.6 Å². The van der Waals surface area contributed by atoms with Crippen molar-refractivity contribution in [1.29, 1.82) is 0 Å². The summed E-state index contributed by atoms with van der Waals surface area (Å²) in [4.78, 5) is 4.08. The zero-order chi connectivity index (χ0) is 14.9. The number of aryl methyl sites for hydroxylation is 2. The Balaban J connectivity index is 2.23. The van der Waals surface area contributed by atoms with E-state index < -0.39 is 10.0 Å². The van der Waals surface area contributed by atoms with Crippen LogP contribution in [-0.4, -0.2) is 29.3 Å². The quantitative estimate of drug-likeness (QED) is 0.843. The van der Waals surface area contributed by atoms with E-state index in [2.05, 4.69) is 20.9 Å². The van der Waals surface area contributed by atoms with Crippen LogP contribution in [0.5, 0.6) is 0 Å². The van der Waals surface area contributed by atoms with Gasteiger partial charge in [0.15, 0.2) is 5.03 Å². The summed E-state index contributed by atoms with van der Waals surface area (Å²) in [7, 11) is -0.228. The molecule has 0 aliphatic rings. The summed E-state index contributed by atoms with van der Waals surface area (Å²) >= 11 is 3.35. The van der Waals surface area contributed by atoms with E-state index in [0.717, 1.165) is 10.0 Å². The molecule has 20 heavy (non-hydrogen) atoms. The molecule has 0 amide bonds. The molecule has 5 nitrogen and oxygen atoms in total. The lowest BCUT2D eigenvalue weighted by atomic mass is 10.2. The number of imidazole rings is 1. The fourth-order valence-corrected chi connectivity index (χ4v) is 3.18. The largest absolute Gasteiger partial charge is 0.337 e. The maximum absolute atomic E-state index is 12.4. The topological polar surface area (TPSA) is 55.2 Å². The molecule has 1 aromatic carbocycles. The van der Waals surface area contributed by atoms with Crippen molar-refractivity contribution in [2.75, 3.05) is 7.05 Å². The van der Waals surface area contributed by atoms with Crippen LogP contribution in [0.4, 0.5) is 0 Å². The van der Waals surface area contributed by atoms with E-state index in [0.29, 0.717) is 12.4 Å². The second kappa shape index (κ2) is 5.67. The minimum Gasteiger partial charge on any atom is -0.337 e. The molecule has 0 spiro atoms. The second-order valence-electron chi connectivity index (χ2n) is 4.62. The lowest BCUT2D eigenvalue weighted by molar-refractivity contribution is 0.464. The number of halogens is 1. The summed E-state index contributed by atoms with van der Waals surface area (Å²) < 4.78 is 28.8. The molecule has 108 valence electrons. The molecule has 0 aliphatic heterocycles. The number of aromatic nitrogens is 2. The lowest BCUT2D eigenvalue weighted by Gasteiger charge is -2.15. The molecule has 0 radical (unpaired) electrons. The number of sulfonamides is 1. The van der Waals surface area contributed by atoms with Crippen molar-refractivity contribution in [3.8, 4) is 0 Å². The Morgan fingerprint density at radius 1 is 1.30 bits per heavy atom. The van der Waals surface area contributed by atoms with Gasteiger partial charge in [-0.3, -0.25) is 0 Å². The van der Waals surface area contributed by atoms with Crippen molar-refractivity contribution in [3.63, 3.8) is 0 Å². The smallest absolute Gasteiger partial charge is 0.262 e. The number of hydrogen-bond acceptors (Lipinski definition) is 3. The van der Waals surface area contributed by atoms with Crippen LogP contribution in [0.3, 0.4) is 0 Å². The fraction of sp³-hybridized carbons (Fsp3) is 0.308. The molecule has 1 heterocycles. The van der Waals surface area contributed by atoms with Crippen LogP contribution in [0.2, 0.25) is 0 Å². The summed E-state index contributed by atoms with van der Waals surface area (Å²) in [5.41, 5.74) is 0.923. The summed E-state index contributed by atoms with van der Waals surface area (Å²) in [5.74, 6) is 0.667. The molecule has 2 rings (SSSR count). The number of hydrogen-bond donors (Lipinski definition) is 0. The minimum absolute atomic E-state index is 0.0807. The minimum atomic E-state index is -3.56. The first-order valence-corrected chi connectivity index (χ1v) is 8.25. The lowest BCUT2D eigenvalue weighted by Crippen LogP contribution is -2.26. The number of rotatable bonds is 4. The van der Waals surface area contributed by atoms with Gasteiger partial charge in [-0.05, 0) is 24.6 Å². The van der Waals surface area contributed by atoms with Crippen LogP contribution in [0.1, 0.15) is 11.4 Å². The van der Waals surface area contributed by atoms with Crippen molar-refractivity contribution < 1.29 is 8.42 Å². The van der Waals surface area contributed by atoms with E-state index in [4.69, 9.17) is 0 Å². The highest BCUT2D eigenvalue weighted by Crippen LogP contribution is 2.17. The highest BCUT2D eigenvalue weighted by molar-refractivity contribution is 9.10. The van der Waals surface area contributed by atoms with Gasteiger partial charge in [-0.1, -0.05) is 28.1 Å². The van der Waals surface area contributed by atoms with Crippen molar-refractivity contribution in [3.05, 3.63) is 46.3 Å². The van der Waals surface area contributed by atoms with Gasteiger partial charge in [-0.25, -0.2) is 13.4 Å². The van der Waals surface area contributed by atoms with Gasteiger partial charge in [0.1, 0.15) is 5.82 Å². The third-order valence-electron chi connectivity index (χ3n) is 3.08. The molecule has 0 saturated heterocycles. The van der Waals surface area contributed by atoms with Gasteiger partial charge in [0.25, 0.3) is 10.0 Å². The van der Waals surface area contributed by atoms with E-state index in [-0.39, 0.29) is 5.03 Å². The summed E-state index contributed by atoms with van der Waals surface area (Å²) in [6, 6.07) is 7.56. The van der Waals surface area contributed by atoms with Gasteiger partial charge in [0.05, 0.1) is 0 Å². The molecule has 0 atom stereocenters. The number of benzene rings is 1. The fourth-order valence-electron chi connectivity index (χ4n) is 1.74. The van der Waals surface area contributed by atoms with Crippen LogP contribution < -0.4 is 0 Å². The molecule has 0 bridgehead atoms. The first kappa shape index (κ1) is 15.2. The molecule has 0 unspecified atom stereocenters. The van der Waals surface area contributed by atoms with Crippen molar-refractivity contribution >= 4 is 26.0 Å². The Labute approximate surface area is 127 Å². The molecule has 0 N–H and O–H groups in total. The highest BCUT2D eigenvalue weighted by Gasteiger charge is 2.24. The second-order valence-corrected chi connectivity index (χ2v) is 7.53. The van der Waals surface area contributed by atoms with Crippen molar-refractivity contribution in [2.45, 2.75) is 18.5 Å². The maximum Gasteiger partial charge on any atom is 0.262 e. The number of nitrogens with zero attached hydrogens (tertiary/aromatic N) is 3. The predicted molar refractivity (Wildman–Crippen MR) is 80.7 cm³/mol. The van der Waals surface area contributed by atoms with Gasteiger partial charge in [-0.2, -0.15) is 4.31 Å². The summed E-state index contributed by atoms with van der Waals surface area (Å²) in [6.45, 7) is 2.08. The Bertz CT molecular complexity index is 688. The Hall–Kier alpha value is -1.18. The average molecular weight is 358 g/mol. The summed E-state index contributed by atoms with van der Waals surface area (Å²) in [5, 5.41) is 0.0807. The Morgan fingerprint density at radius 3 is 2.40 bits per heavy atom. The van der Waals surface area contributed by atoms with Crippen molar-refractivity contribution in [1.82, 2.24) is 13.9 Å². The van der Waals surface area contributed by atoms with Crippen LogP contribution in [-0.2, 0) is 23.6 Å². The first-order chi connectivity index (χ1) is 9.30. The van der Waals surface area contributed by atoms with E-state index in [9.17, 15) is 8.42 Å². The SMILES string of the molecule is Cc1nc(S(=O)(=O)N(C)Cc2ccc(Br)cc2)cn1C. The monoisotopic (exact) mass is 357 g/mol. The molecule has 0 aliphatic carbocycles. The van der Waals surface area contributed by atoms with Crippen LogP contribution in [0, 0.1) is 6.92 Å². The van der Waals surface area contributed by atoms with E-state index in [1.165, 1.54) is 10.5 Å². The molecular formula is C13H16BrN3O2S. The normalized spacial score (nSPS) is 12.1. The molecule has 0 saturated carbocycles. The summed E-state index contributed by atoms with van der Waals surface area (Å²) in [6.07, 6.45) is 1.53. The van der Waals surface area contributed by atoms with Crippen LogP contribution in [0.15, 0.2) is 40.0 Å². The first-order valence-electron chi connectivity index (χ1n) is 6.01. The zero-order valence-electron chi connectivity index (χ0n) is 11.5. The van der Waals surface area contributed by atoms with E-state index >= 15 is 0 Å². The zero-order valence-corrected chi connectivity index (χ0v) is 13.9. The third-order valence-corrected chi connectivity index (χ3v) is 5.28. The molecule has 1 aromatic heterocycles. The Kier molecular flexibility index (Phi) is 4.31. The molecule has 0 fully saturated rings. The van der Waals surface area contributed by atoms with Gasteiger partial charge in [0.2, 0.25) is 0 Å². The van der Waals surface area contributed by atoms with Crippen LogP contribution in [0.25, 0.3) is 0 Å². The van der Waals surface area contributed by atoms with Crippen molar-refractivity contribution in [2.24, 2.45) is 7.05 Å². The molecule has 2 aromatic rings. The standard InChI is InChI=1S/C13H16BrN3O2S/c1-10-15-13(9-16(10)2)20(18,19)17(3)8-11-4-6-12(14)7-5-11/h4-7,9H,8H2,1-3H3. The van der Waals surface area contributed by atoms with Gasteiger partial charge >= 0.3 is 0 Å². The van der Waals surface area contributed by atoms with Crippen LogP contribution >= 0.6 is 15.9 Å². The highest BCUT2D eigenvalue weighted by atomic mass is 79.9. The Morgan fingerprint density at radius 2 is 1.90 bits per heavy atom. The van der Waals surface area contributed by atoms with Gasteiger partial charge < -0.3 is 4.57 Å². The molecule has 7 heteroatoms. The van der Waals surface area contributed by atoms with Gasteiger partial charge in [-0.15, -0.1) is 0 Å². The average Bonchev–Trinajstić information content (AvgIpc) is 2.73. The maximum atomic E-state index is 12.4. The van der Waals surface area contributed by atoms with Gasteiger partial charge in [0, 0.05) is 31.3 Å². The van der Waals surface area contributed by atoms with E-state index in [1.807, 2.05) is 24.3 Å². The predicted octanol–water partition coefficient (Wildman–Crippen LogP) is 2.31.